The fourth-order valence-corrected chi connectivity index (χ4v) is 3.23. The normalized spacial score (nSPS) is 11.0. The van der Waals surface area contributed by atoms with Gasteiger partial charge in [-0.1, -0.05) is 61.2 Å². The number of benzene rings is 2. The van der Waals surface area contributed by atoms with E-state index in [9.17, 15) is 4.79 Å². The molecule has 154 valence electrons. The third-order valence-electron chi connectivity index (χ3n) is 4.73. The molecule has 1 N–H and O–H groups in total. The summed E-state index contributed by atoms with van der Waals surface area (Å²) in [7, 11) is 0. The summed E-state index contributed by atoms with van der Waals surface area (Å²) < 4.78 is 7.39. The van der Waals surface area contributed by atoms with Gasteiger partial charge in [0, 0.05) is 17.8 Å². The first-order valence-electron chi connectivity index (χ1n) is 10.0. The number of pyridine rings is 1. The first kappa shape index (κ1) is 20.2. The van der Waals surface area contributed by atoms with Crippen molar-refractivity contribution >= 4 is 23.4 Å². The number of fused-ring (bicyclic) bond motifs is 1. The molecule has 0 atom stereocenters. The lowest BCUT2D eigenvalue weighted by Gasteiger charge is -2.07. The van der Waals surface area contributed by atoms with Gasteiger partial charge in [-0.2, -0.15) is 0 Å². The van der Waals surface area contributed by atoms with E-state index < -0.39 is 0 Å². The largest absolute Gasteiger partial charge is 0.490 e. The molecule has 0 spiro atoms. The van der Waals surface area contributed by atoms with E-state index in [1.54, 1.807) is 12.2 Å². The number of rotatable bonds is 7. The summed E-state index contributed by atoms with van der Waals surface area (Å²) in [5.74, 6) is 1.18. The minimum Gasteiger partial charge on any atom is -0.490 e. The van der Waals surface area contributed by atoms with E-state index in [1.807, 2.05) is 84.3 Å². The summed E-state index contributed by atoms with van der Waals surface area (Å²) in [6.45, 7) is 6.10. The Kier molecular flexibility index (Phi) is 5.94. The summed E-state index contributed by atoms with van der Waals surface area (Å²) in [6.07, 6.45) is 6.95. The van der Waals surface area contributed by atoms with Gasteiger partial charge in [0.15, 0.2) is 0 Å². The van der Waals surface area contributed by atoms with Crippen LogP contribution in [0.5, 0.6) is 5.75 Å². The molecule has 0 aliphatic carbocycles. The molecule has 0 radical (unpaired) electrons. The minimum atomic E-state index is -0.229. The van der Waals surface area contributed by atoms with Gasteiger partial charge in [0.05, 0.1) is 0 Å². The van der Waals surface area contributed by atoms with Crippen LogP contribution in [0.25, 0.3) is 23.0 Å². The van der Waals surface area contributed by atoms with Gasteiger partial charge in [0.25, 0.3) is 0 Å². The number of anilines is 1. The third kappa shape index (κ3) is 4.73. The molecule has 4 aromatic rings. The summed E-state index contributed by atoms with van der Waals surface area (Å²) in [4.78, 5) is 17.5. The first-order valence-corrected chi connectivity index (χ1v) is 10.0. The lowest BCUT2D eigenvalue weighted by Crippen LogP contribution is -2.10. The van der Waals surface area contributed by atoms with E-state index in [1.165, 1.54) is 6.08 Å². The highest BCUT2D eigenvalue weighted by molar-refractivity contribution is 6.03. The Morgan fingerprint density at radius 2 is 1.87 bits per heavy atom. The zero-order valence-electron chi connectivity index (χ0n) is 17.3. The number of carbonyl (C=O) groups excluding carboxylic acids is 1. The fraction of sp³-hybridized carbons (Fsp3) is 0.0769. The lowest BCUT2D eigenvalue weighted by molar-refractivity contribution is -0.111. The number of amides is 1. The van der Waals surface area contributed by atoms with Gasteiger partial charge in [0.2, 0.25) is 5.91 Å². The van der Waals surface area contributed by atoms with Gasteiger partial charge in [0.1, 0.15) is 29.5 Å². The quantitative estimate of drug-likeness (QED) is 0.323. The average Bonchev–Trinajstić information content (AvgIpc) is 3.15. The van der Waals surface area contributed by atoms with Gasteiger partial charge in [-0.05, 0) is 42.3 Å². The second-order valence-corrected chi connectivity index (χ2v) is 7.10. The smallest absolute Gasteiger partial charge is 0.249 e. The third-order valence-corrected chi connectivity index (χ3v) is 4.73. The van der Waals surface area contributed by atoms with Crippen molar-refractivity contribution in [1.82, 2.24) is 9.38 Å². The zero-order valence-corrected chi connectivity index (χ0v) is 17.3. The molecule has 1 amide bonds. The second-order valence-electron chi connectivity index (χ2n) is 7.10. The van der Waals surface area contributed by atoms with Crippen molar-refractivity contribution in [3.05, 3.63) is 103 Å². The van der Waals surface area contributed by atoms with E-state index in [0.29, 0.717) is 12.4 Å². The molecule has 2 heterocycles. The van der Waals surface area contributed by atoms with Crippen molar-refractivity contribution in [2.45, 2.75) is 6.92 Å². The number of carbonyl (C=O) groups is 1. The van der Waals surface area contributed by atoms with Crippen LogP contribution in [0.1, 0.15) is 11.1 Å². The maximum atomic E-state index is 12.7. The standard InChI is InChI=1S/C26H23N3O2/c1-3-17-31-22-13-10-20(11-14-22)12-16-24(30)28-26-25(21-7-5-4-6-8-21)27-23-15-9-19(2)18-29(23)26/h3-16,18H,1,17H2,2H3,(H,28,30)/b16-12+. The van der Waals surface area contributed by atoms with Crippen LogP contribution in [-0.2, 0) is 4.79 Å². The van der Waals surface area contributed by atoms with Crippen LogP contribution in [-0.4, -0.2) is 21.9 Å². The van der Waals surface area contributed by atoms with Crippen molar-refractivity contribution in [2.75, 3.05) is 11.9 Å². The van der Waals surface area contributed by atoms with Crippen LogP contribution < -0.4 is 10.1 Å². The predicted molar refractivity (Wildman–Crippen MR) is 125 cm³/mol. The highest BCUT2D eigenvalue weighted by atomic mass is 16.5. The Morgan fingerprint density at radius 1 is 1.10 bits per heavy atom. The zero-order chi connectivity index (χ0) is 21.6. The average molecular weight is 409 g/mol. The van der Waals surface area contributed by atoms with Crippen molar-refractivity contribution in [1.29, 1.82) is 0 Å². The predicted octanol–water partition coefficient (Wildman–Crippen LogP) is 5.53. The van der Waals surface area contributed by atoms with E-state index in [0.717, 1.165) is 33.8 Å². The van der Waals surface area contributed by atoms with Crippen molar-refractivity contribution in [2.24, 2.45) is 0 Å². The van der Waals surface area contributed by atoms with Crippen LogP contribution in [0.15, 0.2) is 91.7 Å². The number of imidazole rings is 1. The van der Waals surface area contributed by atoms with Gasteiger partial charge >= 0.3 is 0 Å². The van der Waals surface area contributed by atoms with Crippen molar-refractivity contribution in [3.63, 3.8) is 0 Å². The summed E-state index contributed by atoms with van der Waals surface area (Å²) in [6, 6.07) is 21.3. The highest BCUT2D eigenvalue weighted by Crippen LogP contribution is 2.29. The van der Waals surface area contributed by atoms with E-state index in [-0.39, 0.29) is 5.91 Å². The number of ether oxygens (including phenoxy) is 1. The van der Waals surface area contributed by atoms with E-state index in [2.05, 4.69) is 11.9 Å². The summed E-state index contributed by atoms with van der Waals surface area (Å²) in [5.41, 5.74) is 4.43. The fourth-order valence-electron chi connectivity index (χ4n) is 3.23. The molecule has 5 nitrogen and oxygen atoms in total. The Labute approximate surface area is 181 Å². The van der Waals surface area contributed by atoms with Gasteiger partial charge in [-0.15, -0.1) is 0 Å². The van der Waals surface area contributed by atoms with Crippen molar-refractivity contribution < 1.29 is 9.53 Å². The Hall–Kier alpha value is -4.12. The molecule has 5 heteroatoms. The van der Waals surface area contributed by atoms with Crippen LogP contribution in [0, 0.1) is 6.92 Å². The Bertz CT molecular complexity index is 1240. The highest BCUT2D eigenvalue weighted by Gasteiger charge is 2.15. The molecule has 2 aromatic carbocycles. The molecule has 0 saturated carbocycles. The first-order chi connectivity index (χ1) is 15.1. The maximum absolute atomic E-state index is 12.7. The van der Waals surface area contributed by atoms with Crippen LogP contribution in [0.3, 0.4) is 0 Å². The van der Waals surface area contributed by atoms with Crippen LogP contribution in [0.2, 0.25) is 0 Å². The number of nitrogens with one attached hydrogen (secondary N) is 1. The number of nitrogens with zero attached hydrogens (tertiary/aromatic N) is 2. The summed E-state index contributed by atoms with van der Waals surface area (Å²) >= 11 is 0. The Balaban J connectivity index is 1.58. The molecule has 0 saturated heterocycles. The number of hydrogen-bond donors (Lipinski definition) is 1. The van der Waals surface area contributed by atoms with E-state index >= 15 is 0 Å². The van der Waals surface area contributed by atoms with E-state index in [4.69, 9.17) is 9.72 Å². The second kappa shape index (κ2) is 9.13. The lowest BCUT2D eigenvalue weighted by atomic mass is 10.1. The van der Waals surface area contributed by atoms with Gasteiger partial charge in [-0.3, -0.25) is 9.20 Å². The minimum absolute atomic E-state index is 0.229. The molecule has 0 aliphatic heterocycles. The Morgan fingerprint density at radius 3 is 2.61 bits per heavy atom. The van der Waals surface area contributed by atoms with Crippen LogP contribution in [0.4, 0.5) is 5.82 Å². The van der Waals surface area contributed by atoms with Gasteiger partial charge in [-0.25, -0.2) is 4.98 Å². The molecular weight excluding hydrogens is 386 g/mol. The monoisotopic (exact) mass is 409 g/mol. The topological polar surface area (TPSA) is 55.6 Å². The molecule has 0 bridgehead atoms. The molecule has 0 aliphatic rings. The molecule has 2 aromatic heterocycles. The molecule has 31 heavy (non-hydrogen) atoms. The van der Waals surface area contributed by atoms with Crippen molar-refractivity contribution in [3.8, 4) is 17.0 Å². The molecule has 4 rings (SSSR count). The number of aromatic nitrogens is 2. The number of aryl methyl sites for hydroxylation is 1. The molecule has 0 unspecified atom stereocenters. The maximum Gasteiger partial charge on any atom is 0.249 e. The van der Waals surface area contributed by atoms with Crippen LogP contribution >= 0.6 is 0 Å². The van der Waals surface area contributed by atoms with Gasteiger partial charge < -0.3 is 10.1 Å². The SMILES string of the molecule is C=CCOc1ccc(/C=C/C(=O)Nc2c(-c3ccccc3)nc3ccc(C)cn23)cc1. The number of hydrogen-bond acceptors (Lipinski definition) is 3. The summed E-state index contributed by atoms with van der Waals surface area (Å²) in [5, 5.41) is 3.01. The molecule has 0 fully saturated rings. The molecular formula is C26H23N3O2.